The molecule has 0 aliphatic heterocycles. The van der Waals surface area contributed by atoms with Crippen molar-refractivity contribution in [2.75, 3.05) is 26.7 Å². The van der Waals surface area contributed by atoms with Gasteiger partial charge in [0.1, 0.15) is 0 Å². The molecule has 2 aromatic rings. The first-order chi connectivity index (χ1) is 11.1. The molecule has 0 aliphatic carbocycles. The van der Waals surface area contributed by atoms with E-state index >= 15 is 0 Å². The van der Waals surface area contributed by atoms with Crippen LogP contribution in [0.25, 0.3) is 0 Å². The van der Waals surface area contributed by atoms with Crippen molar-refractivity contribution < 1.29 is 27.0 Å². The van der Waals surface area contributed by atoms with E-state index in [2.05, 4.69) is 14.9 Å². The Bertz CT molecular complexity index is 598. The normalized spacial score (nSPS) is 10.6. The molecule has 0 atom stereocenters. The monoisotopic (exact) mass is 370 g/mol. The molecule has 2 rings (SSSR count). The molecule has 0 saturated carbocycles. The molecule has 0 bridgehead atoms. The molecule has 2 aromatic heterocycles. The van der Waals surface area contributed by atoms with Gasteiger partial charge in [-0.25, -0.2) is 0 Å². The zero-order valence-corrected chi connectivity index (χ0v) is 14.8. The molecule has 7 heteroatoms. The zero-order chi connectivity index (χ0) is 16.5. The number of carboxylic acids is 1. The summed E-state index contributed by atoms with van der Waals surface area (Å²) in [5.74, 6) is -0.826. The number of hydrogen-bond acceptors (Lipinski definition) is 5. The summed E-state index contributed by atoms with van der Waals surface area (Å²) >= 11 is 0. The van der Waals surface area contributed by atoms with Crippen molar-refractivity contribution in [2.24, 2.45) is 0 Å². The molecule has 0 aromatic carbocycles. The molecule has 2 heterocycles. The second kappa shape index (κ2) is 10.9. The van der Waals surface area contributed by atoms with E-state index in [0.29, 0.717) is 13.1 Å². The number of nitrogens with zero attached hydrogens (tertiary/aromatic N) is 4. The van der Waals surface area contributed by atoms with Crippen molar-refractivity contribution in [3.05, 3.63) is 60.2 Å². The number of carboxylic acid groups (broad SMARTS) is 1. The third kappa shape index (κ3) is 7.66. The van der Waals surface area contributed by atoms with Crippen LogP contribution < -0.4 is 0 Å². The van der Waals surface area contributed by atoms with Gasteiger partial charge in [-0.05, 0) is 31.3 Å². The second-order valence-electron chi connectivity index (χ2n) is 5.48. The average molecular weight is 370 g/mol. The molecule has 130 valence electrons. The number of pyridine rings is 2. The molecule has 0 unspecified atom stereocenters. The second-order valence-corrected chi connectivity index (χ2v) is 5.48. The first-order valence-electron chi connectivity index (χ1n) is 7.56. The number of rotatable bonds is 9. The minimum absolute atomic E-state index is 0. The van der Waals surface area contributed by atoms with Gasteiger partial charge in [-0.1, -0.05) is 12.1 Å². The molecule has 0 fully saturated rings. The Hall–Kier alpha value is -1.79. The van der Waals surface area contributed by atoms with Crippen molar-refractivity contribution in [3.8, 4) is 0 Å². The third-order valence-corrected chi connectivity index (χ3v) is 3.43. The van der Waals surface area contributed by atoms with Crippen molar-refractivity contribution in [2.45, 2.75) is 13.1 Å². The van der Waals surface area contributed by atoms with Crippen LogP contribution in [0.5, 0.6) is 0 Å². The van der Waals surface area contributed by atoms with Gasteiger partial charge in [-0.3, -0.25) is 24.6 Å². The van der Waals surface area contributed by atoms with E-state index in [-0.39, 0.29) is 23.6 Å². The number of aromatic nitrogens is 2. The van der Waals surface area contributed by atoms with Crippen molar-refractivity contribution in [3.63, 3.8) is 0 Å². The predicted octanol–water partition coefficient (Wildman–Crippen LogP) is 1.49. The van der Waals surface area contributed by atoms with Crippen LogP contribution >= 0.6 is 0 Å². The predicted molar refractivity (Wildman–Crippen MR) is 87.7 cm³/mol. The maximum atomic E-state index is 11.0. The van der Waals surface area contributed by atoms with Gasteiger partial charge in [0.05, 0.1) is 17.9 Å². The Morgan fingerprint density at radius 1 is 1.00 bits per heavy atom. The molecule has 1 N–H and O–H groups in total. The van der Waals surface area contributed by atoms with Gasteiger partial charge in [0.15, 0.2) is 0 Å². The Kier molecular flexibility index (Phi) is 9.19. The van der Waals surface area contributed by atoms with Crippen LogP contribution in [0.4, 0.5) is 0 Å². The van der Waals surface area contributed by atoms with Crippen molar-refractivity contribution >= 4 is 5.97 Å². The molecule has 0 amide bonds. The summed E-state index contributed by atoms with van der Waals surface area (Å²) in [5, 5.41) is 9.08. The average Bonchev–Trinajstić information content (AvgIpc) is 2.54. The molecule has 0 radical (unpaired) electrons. The van der Waals surface area contributed by atoms with E-state index in [1.165, 1.54) is 0 Å². The van der Waals surface area contributed by atoms with Gasteiger partial charge in [-0.15, -0.1) is 0 Å². The van der Waals surface area contributed by atoms with E-state index in [1.807, 2.05) is 48.3 Å². The molecule has 0 aliphatic rings. The topological polar surface area (TPSA) is 69.6 Å². The van der Waals surface area contributed by atoms with Crippen molar-refractivity contribution in [1.82, 2.24) is 19.8 Å². The van der Waals surface area contributed by atoms with E-state index in [9.17, 15) is 4.79 Å². The fraction of sp³-hybridized carbons (Fsp3) is 0.353. The maximum Gasteiger partial charge on any atom is 0.317 e. The molecule has 24 heavy (non-hydrogen) atoms. The van der Waals surface area contributed by atoms with Gasteiger partial charge in [0.2, 0.25) is 0 Å². The number of aliphatic carboxylic acids is 1. The minimum atomic E-state index is -0.826. The number of likely N-dealkylation sites (N-methyl/N-ethyl adjacent to an activating group) is 1. The first-order valence-corrected chi connectivity index (χ1v) is 7.56. The summed E-state index contributed by atoms with van der Waals surface area (Å²) in [6.45, 7) is 2.70. The van der Waals surface area contributed by atoms with Gasteiger partial charge >= 0.3 is 5.97 Å². The van der Waals surface area contributed by atoms with Gasteiger partial charge in [0, 0.05) is 55.6 Å². The Labute approximate surface area is 153 Å². The maximum absolute atomic E-state index is 11.0. The largest absolute Gasteiger partial charge is 0.480 e. The molecule has 6 nitrogen and oxygen atoms in total. The van der Waals surface area contributed by atoms with E-state index in [1.54, 1.807) is 12.4 Å². The summed E-state index contributed by atoms with van der Waals surface area (Å²) in [5.41, 5.74) is 1.88. The number of hydrogen-bond donors (Lipinski definition) is 1. The SMILES string of the molecule is CN(CCN(CC(=O)O)Cc1ccccn1)Cc1ccccn1.[Fe]. The fourth-order valence-electron chi connectivity index (χ4n) is 2.29. The van der Waals surface area contributed by atoms with Gasteiger partial charge in [0.25, 0.3) is 0 Å². The minimum Gasteiger partial charge on any atom is -0.480 e. The standard InChI is InChI=1S/C17H22N4O2.Fe/c1-20(12-15-6-2-4-8-18-15)10-11-21(14-17(22)23)13-16-7-3-5-9-19-16;/h2-9H,10-14H2,1H3,(H,22,23);. The van der Waals surface area contributed by atoms with Crippen LogP contribution in [0.1, 0.15) is 11.4 Å². The summed E-state index contributed by atoms with van der Waals surface area (Å²) < 4.78 is 0. The van der Waals surface area contributed by atoms with Crippen LogP contribution in [0.3, 0.4) is 0 Å². The fourth-order valence-corrected chi connectivity index (χ4v) is 2.29. The molecular weight excluding hydrogens is 348 g/mol. The molecular formula is C17H22FeN4O2. The van der Waals surface area contributed by atoms with Crippen molar-refractivity contribution in [1.29, 1.82) is 0 Å². The Balaban J connectivity index is 0.00000288. The summed E-state index contributed by atoms with van der Waals surface area (Å²) in [4.78, 5) is 23.6. The quantitative estimate of drug-likeness (QED) is 0.675. The van der Waals surface area contributed by atoms with Gasteiger partial charge < -0.3 is 5.11 Å². The first kappa shape index (κ1) is 20.3. The molecule has 0 spiro atoms. The van der Waals surface area contributed by atoms with E-state index in [4.69, 9.17) is 5.11 Å². The zero-order valence-electron chi connectivity index (χ0n) is 13.7. The third-order valence-electron chi connectivity index (χ3n) is 3.43. The van der Waals surface area contributed by atoms with Crippen LogP contribution in [0.15, 0.2) is 48.8 Å². The summed E-state index contributed by atoms with van der Waals surface area (Å²) in [6.07, 6.45) is 3.50. The van der Waals surface area contributed by atoms with Crippen LogP contribution in [0, 0.1) is 0 Å². The smallest absolute Gasteiger partial charge is 0.317 e. The Morgan fingerprint density at radius 3 is 2.08 bits per heavy atom. The molecule has 0 saturated heterocycles. The van der Waals surface area contributed by atoms with E-state index < -0.39 is 5.97 Å². The summed E-state index contributed by atoms with van der Waals surface area (Å²) in [7, 11) is 2.01. The van der Waals surface area contributed by atoms with Crippen LogP contribution in [-0.2, 0) is 35.0 Å². The summed E-state index contributed by atoms with van der Waals surface area (Å²) in [6, 6.07) is 11.5. The van der Waals surface area contributed by atoms with Gasteiger partial charge in [-0.2, -0.15) is 0 Å². The van der Waals surface area contributed by atoms with E-state index in [0.717, 1.165) is 24.5 Å². The number of carbonyl (C=O) groups is 1. The van der Waals surface area contributed by atoms with Crippen LogP contribution in [-0.4, -0.2) is 57.5 Å². The Morgan fingerprint density at radius 2 is 1.58 bits per heavy atom. The van der Waals surface area contributed by atoms with Crippen LogP contribution in [0.2, 0.25) is 0 Å².